The molecule has 0 aromatic carbocycles. The van der Waals surface area contributed by atoms with Gasteiger partial charge in [-0.25, -0.2) is 9.97 Å². The predicted octanol–water partition coefficient (Wildman–Crippen LogP) is 3.42. The Morgan fingerprint density at radius 2 is 1.88 bits per heavy atom. The van der Waals surface area contributed by atoms with Crippen molar-refractivity contribution in [3.63, 3.8) is 0 Å². The van der Waals surface area contributed by atoms with Gasteiger partial charge in [-0.3, -0.25) is 0 Å². The highest BCUT2D eigenvalue weighted by Crippen LogP contribution is 2.44. The van der Waals surface area contributed by atoms with Crippen LogP contribution in [0.2, 0.25) is 10.3 Å². The first kappa shape index (κ1) is 11.4. The molecule has 2 aliphatic heterocycles. The van der Waals surface area contributed by atoms with Gasteiger partial charge in [0.05, 0.1) is 15.8 Å². The Kier molecular flexibility index (Phi) is 3.02. The van der Waals surface area contributed by atoms with E-state index in [-0.39, 0.29) is 12.0 Å². The number of ether oxygens (including phenoxy) is 1. The van der Waals surface area contributed by atoms with E-state index < -0.39 is 0 Å². The molecule has 6 heteroatoms. The van der Waals surface area contributed by atoms with Crippen LogP contribution in [0.1, 0.15) is 31.0 Å². The van der Waals surface area contributed by atoms with Gasteiger partial charge in [-0.1, -0.05) is 23.2 Å². The average molecular weight is 371 g/mol. The summed E-state index contributed by atoms with van der Waals surface area (Å²) in [7, 11) is 0. The van der Waals surface area contributed by atoms with Gasteiger partial charge in [0.25, 0.3) is 0 Å². The maximum Gasteiger partial charge on any atom is 0.147 e. The molecule has 1 aromatic rings. The second-order valence-corrected chi connectivity index (χ2v) is 5.99. The number of hydrogen-bond acceptors (Lipinski definition) is 3. The van der Waals surface area contributed by atoms with Crippen LogP contribution >= 0.6 is 45.8 Å². The van der Waals surface area contributed by atoms with E-state index in [0.717, 1.165) is 25.1 Å². The highest BCUT2D eigenvalue weighted by molar-refractivity contribution is 14.1. The van der Waals surface area contributed by atoms with Crippen LogP contribution in [0.15, 0.2) is 0 Å². The molecule has 0 amide bonds. The number of halogens is 3. The SMILES string of the molecule is Clc1nc(C2CC3CCC2O3)nc(Cl)c1I. The van der Waals surface area contributed by atoms with Crippen molar-refractivity contribution < 1.29 is 4.74 Å². The zero-order valence-corrected chi connectivity index (χ0v) is 12.0. The number of hydrogen-bond donors (Lipinski definition) is 0. The lowest BCUT2D eigenvalue weighted by molar-refractivity contribution is 0.0999. The standard InChI is InChI=1S/C10H9Cl2IN2O/c11-8-7(13)9(12)15-10(14-8)5-3-4-1-2-6(5)16-4/h4-6H,1-3H2. The Balaban J connectivity index is 1.95. The first-order chi connectivity index (χ1) is 7.65. The van der Waals surface area contributed by atoms with Gasteiger partial charge in [0.15, 0.2) is 0 Å². The molecule has 0 saturated carbocycles. The van der Waals surface area contributed by atoms with Crippen molar-refractivity contribution >= 4 is 45.8 Å². The van der Waals surface area contributed by atoms with Crippen molar-refractivity contribution in [3.8, 4) is 0 Å². The average Bonchev–Trinajstić information content (AvgIpc) is 2.86. The summed E-state index contributed by atoms with van der Waals surface area (Å²) in [4.78, 5) is 8.63. The first-order valence-corrected chi connectivity index (χ1v) is 7.02. The zero-order chi connectivity index (χ0) is 11.3. The first-order valence-electron chi connectivity index (χ1n) is 5.19. The molecule has 1 aromatic heterocycles. The minimum Gasteiger partial charge on any atom is -0.374 e. The van der Waals surface area contributed by atoms with Crippen LogP contribution in [0.5, 0.6) is 0 Å². The fourth-order valence-corrected chi connectivity index (χ4v) is 3.13. The molecular formula is C10H9Cl2IN2O. The lowest BCUT2D eigenvalue weighted by atomic mass is 9.89. The summed E-state index contributed by atoms with van der Waals surface area (Å²) in [6.07, 6.45) is 3.90. The fourth-order valence-electron chi connectivity index (χ4n) is 2.48. The van der Waals surface area contributed by atoms with Crippen molar-refractivity contribution in [3.05, 3.63) is 19.7 Å². The molecule has 3 atom stereocenters. The van der Waals surface area contributed by atoms with Crippen molar-refractivity contribution in [2.75, 3.05) is 0 Å². The van der Waals surface area contributed by atoms with Crippen LogP contribution in [0.25, 0.3) is 0 Å². The minimum absolute atomic E-state index is 0.261. The van der Waals surface area contributed by atoms with Gasteiger partial charge in [-0.05, 0) is 41.9 Å². The predicted molar refractivity (Wildman–Crippen MR) is 70.0 cm³/mol. The monoisotopic (exact) mass is 370 g/mol. The van der Waals surface area contributed by atoms with E-state index in [1.807, 2.05) is 0 Å². The quantitative estimate of drug-likeness (QED) is 0.561. The van der Waals surface area contributed by atoms with Crippen molar-refractivity contribution in [1.29, 1.82) is 0 Å². The zero-order valence-electron chi connectivity index (χ0n) is 8.29. The molecule has 2 bridgehead atoms. The van der Waals surface area contributed by atoms with E-state index in [0.29, 0.717) is 20.0 Å². The Morgan fingerprint density at radius 1 is 1.19 bits per heavy atom. The summed E-state index contributed by atoms with van der Waals surface area (Å²) in [5, 5.41) is 0.886. The molecule has 3 heterocycles. The van der Waals surface area contributed by atoms with Crippen LogP contribution in [-0.4, -0.2) is 22.2 Å². The molecular weight excluding hydrogens is 362 g/mol. The van der Waals surface area contributed by atoms with E-state index in [4.69, 9.17) is 27.9 Å². The minimum atomic E-state index is 0.261. The lowest BCUT2D eigenvalue weighted by Crippen LogP contribution is -2.17. The molecule has 3 rings (SSSR count). The maximum atomic E-state index is 6.02. The largest absolute Gasteiger partial charge is 0.374 e. The maximum absolute atomic E-state index is 6.02. The molecule has 16 heavy (non-hydrogen) atoms. The van der Waals surface area contributed by atoms with Crippen LogP contribution in [0.3, 0.4) is 0 Å². The van der Waals surface area contributed by atoms with Crippen molar-refractivity contribution in [1.82, 2.24) is 9.97 Å². The van der Waals surface area contributed by atoms with Gasteiger partial charge in [0, 0.05) is 5.92 Å². The molecule has 86 valence electrons. The molecule has 2 aliphatic rings. The van der Waals surface area contributed by atoms with E-state index in [1.54, 1.807) is 0 Å². The van der Waals surface area contributed by atoms with E-state index in [1.165, 1.54) is 0 Å². The Morgan fingerprint density at radius 3 is 2.38 bits per heavy atom. The van der Waals surface area contributed by atoms with E-state index in [2.05, 4.69) is 32.6 Å². The molecule has 0 N–H and O–H groups in total. The summed E-state index contributed by atoms with van der Waals surface area (Å²) in [6, 6.07) is 0. The Bertz CT molecular complexity index is 420. The second-order valence-electron chi connectivity index (χ2n) is 4.19. The van der Waals surface area contributed by atoms with Crippen LogP contribution in [0, 0.1) is 3.57 Å². The Hall–Kier alpha value is 0.350. The second kappa shape index (κ2) is 4.23. The van der Waals surface area contributed by atoms with Crippen LogP contribution in [-0.2, 0) is 4.74 Å². The third-order valence-electron chi connectivity index (χ3n) is 3.23. The third-order valence-corrected chi connectivity index (χ3v) is 5.43. The van der Waals surface area contributed by atoms with Gasteiger partial charge in [-0.15, -0.1) is 0 Å². The molecule has 2 fully saturated rings. The summed E-state index contributed by atoms with van der Waals surface area (Å²) in [6.45, 7) is 0. The molecule has 0 spiro atoms. The summed E-state index contributed by atoms with van der Waals surface area (Å²) < 4.78 is 6.50. The van der Waals surface area contributed by atoms with E-state index in [9.17, 15) is 0 Å². The number of aromatic nitrogens is 2. The van der Waals surface area contributed by atoms with Crippen molar-refractivity contribution in [2.24, 2.45) is 0 Å². The lowest BCUT2D eigenvalue weighted by Gasteiger charge is -2.17. The number of rotatable bonds is 1. The summed E-state index contributed by atoms with van der Waals surface area (Å²) in [5.41, 5.74) is 0. The van der Waals surface area contributed by atoms with Gasteiger partial charge in [0.1, 0.15) is 16.1 Å². The normalized spacial score (nSPS) is 32.3. The van der Waals surface area contributed by atoms with Crippen LogP contribution in [0.4, 0.5) is 0 Å². The Labute approximate surface area is 117 Å². The topological polar surface area (TPSA) is 35.0 Å². The van der Waals surface area contributed by atoms with Crippen molar-refractivity contribution in [2.45, 2.75) is 37.4 Å². The highest BCUT2D eigenvalue weighted by atomic mass is 127. The molecule has 3 unspecified atom stereocenters. The van der Waals surface area contributed by atoms with Gasteiger partial charge < -0.3 is 4.74 Å². The van der Waals surface area contributed by atoms with E-state index >= 15 is 0 Å². The molecule has 0 radical (unpaired) electrons. The van der Waals surface area contributed by atoms with Gasteiger partial charge in [0.2, 0.25) is 0 Å². The van der Waals surface area contributed by atoms with Gasteiger partial charge in [-0.2, -0.15) is 0 Å². The van der Waals surface area contributed by atoms with Gasteiger partial charge >= 0.3 is 0 Å². The number of nitrogens with zero attached hydrogens (tertiary/aromatic N) is 2. The molecule has 3 nitrogen and oxygen atoms in total. The summed E-state index contributed by atoms with van der Waals surface area (Å²) >= 11 is 14.1. The van der Waals surface area contributed by atoms with Crippen LogP contribution < -0.4 is 0 Å². The molecule has 0 aliphatic carbocycles. The fraction of sp³-hybridized carbons (Fsp3) is 0.600. The third kappa shape index (κ3) is 1.83. The summed E-state index contributed by atoms with van der Waals surface area (Å²) in [5.74, 6) is 1.01. The smallest absolute Gasteiger partial charge is 0.147 e. The highest BCUT2D eigenvalue weighted by Gasteiger charge is 2.43. The number of fused-ring (bicyclic) bond motifs is 2. The molecule has 2 saturated heterocycles.